The van der Waals surface area contributed by atoms with E-state index in [2.05, 4.69) is 32.9 Å². The summed E-state index contributed by atoms with van der Waals surface area (Å²) in [5.41, 5.74) is 8.88. The summed E-state index contributed by atoms with van der Waals surface area (Å²) >= 11 is 6.51. The monoisotopic (exact) mass is 681 g/mol. The first kappa shape index (κ1) is 38.2. The van der Waals surface area contributed by atoms with Gasteiger partial charge < -0.3 is 30.5 Å². The van der Waals surface area contributed by atoms with Gasteiger partial charge in [0.15, 0.2) is 0 Å². The molecule has 0 spiro atoms. The second-order valence-corrected chi connectivity index (χ2v) is 13.5. The lowest BCUT2D eigenvalue weighted by molar-refractivity contribution is -0.166. The van der Waals surface area contributed by atoms with Crippen LogP contribution < -0.4 is 5.73 Å². The molecule has 0 bridgehead atoms. The van der Waals surface area contributed by atoms with Crippen molar-refractivity contribution in [2.45, 2.75) is 77.0 Å². The number of carboxylic acid groups (broad SMARTS) is 2. The molecule has 0 aliphatic heterocycles. The van der Waals surface area contributed by atoms with Gasteiger partial charge in [-0.2, -0.15) is 0 Å². The summed E-state index contributed by atoms with van der Waals surface area (Å²) in [7, 11) is 0. The van der Waals surface area contributed by atoms with Crippen molar-refractivity contribution >= 4 is 35.5 Å². The van der Waals surface area contributed by atoms with E-state index in [1.54, 1.807) is 12.1 Å². The Balaban J connectivity index is 0.000000264. The van der Waals surface area contributed by atoms with Crippen molar-refractivity contribution in [3.05, 3.63) is 106 Å². The van der Waals surface area contributed by atoms with Crippen LogP contribution >= 0.6 is 11.6 Å². The number of aliphatic hydroxyl groups excluding tert-OH is 1. The molecule has 1 aliphatic carbocycles. The molecule has 11 heteroatoms. The molecule has 5 N–H and O–H groups in total. The van der Waals surface area contributed by atoms with Crippen LogP contribution in [0.4, 0.5) is 0 Å². The molecule has 258 valence electrons. The van der Waals surface area contributed by atoms with Gasteiger partial charge in [-0.05, 0) is 72.6 Å². The minimum Gasteiger partial charge on any atom is -0.478 e. The van der Waals surface area contributed by atoms with Crippen LogP contribution in [-0.2, 0) is 31.0 Å². The Hall–Kier alpha value is -4.25. The Bertz CT molecular complexity index is 1470. The minimum atomic E-state index is -2.21. The number of halogens is 1. The van der Waals surface area contributed by atoms with Crippen LogP contribution in [0.2, 0.25) is 5.02 Å². The van der Waals surface area contributed by atoms with Gasteiger partial charge in [-0.3, -0.25) is 0 Å². The Kier molecular flexibility index (Phi) is 13.7. The predicted molar refractivity (Wildman–Crippen MR) is 181 cm³/mol. The Labute approximate surface area is 285 Å². The van der Waals surface area contributed by atoms with Crippen LogP contribution in [0.3, 0.4) is 0 Å². The molecule has 0 aromatic heterocycles. The van der Waals surface area contributed by atoms with E-state index in [9.17, 15) is 34.5 Å². The topological polar surface area (TPSA) is 173 Å². The van der Waals surface area contributed by atoms with Gasteiger partial charge in [0.1, 0.15) is 0 Å². The Morgan fingerprint density at radius 1 is 0.854 bits per heavy atom. The van der Waals surface area contributed by atoms with Crippen molar-refractivity contribution in [3.8, 4) is 0 Å². The number of carboxylic acids is 2. The maximum atomic E-state index is 12.0. The van der Waals surface area contributed by atoms with Gasteiger partial charge in [-0.25, -0.2) is 19.2 Å². The van der Waals surface area contributed by atoms with Gasteiger partial charge in [0.05, 0.1) is 11.1 Å². The summed E-state index contributed by atoms with van der Waals surface area (Å²) in [6, 6.07) is 21.1. The van der Waals surface area contributed by atoms with Gasteiger partial charge in [0, 0.05) is 23.1 Å². The number of rotatable bonds is 11. The van der Waals surface area contributed by atoms with E-state index in [1.807, 2.05) is 6.07 Å². The van der Waals surface area contributed by atoms with Crippen LogP contribution in [-0.4, -0.2) is 58.0 Å². The first-order valence-corrected chi connectivity index (χ1v) is 16.2. The third kappa shape index (κ3) is 10.6. The highest BCUT2D eigenvalue weighted by Gasteiger charge is 2.41. The number of nitrogens with two attached hydrogens (primary N) is 1. The number of hydrogen-bond donors (Lipinski definition) is 4. The largest absolute Gasteiger partial charge is 0.478 e. The summed E-state index contributed by atoms with van der Waals surface area (Å²) in [5.74, 6) is -5.50. The molecule has 2 unspecified atom stereocenters. The van der Waals surface area contributed by atoms with Crippen LogP contribution in [0.1, 0.15) is 84.7 Å². The third-order valence-electron chi connectivity index (χ3n) is 8.33. The average Bonchev–Trinajstić information content (AvgIpc) is 3.06. The molecular formula is C37H44ClNO9. The predicted octanol–water partition coefficient (Wildman–Crippen LogP) is 6.26. The lowest BCUT2D eigenvalue weighted by Gasteiger charge is -2.41. The van der Waals surface area contributed by atoms with Crippen molar-refractivity contribution in [2.24, 2.45) is 17.1 Å². The van der Waals surface area contributed by atoms with Crippen molar-refractivity contribution in [3.63, 3.8) is 0 Å². The summed E-state index contributed by atoms with van der Waals surface area (Å²) in [5, 5.41) is 29.0. The molecule has 3 aromatic carbocycles. The van der Waals surface area contributed by atoms with Gasteiger partial charge in [0.25, 0.3) is 0 Å². The third-order valence-corrected chi connectivity index (χ3v) is 8.68. The van der Waals surface area contributed by atoms with E-state index >= 15 is 0 Å². The molecule has 0 radical (unpaired) electrons. The first-order chi connectivity index (χ1) is 22.7. The molecule has 1 fully saturated rings. The quantitative estimate of drug-likeness (QED) is 0.169. The number of esters is 2. The summed E-state index contributed by atoms with van der Waals surface area (Å²) in [4.78, 5) is 46.8. The van der Waals surface area contributed by atoms with E-state index in [0.717, 1.165) is 49.1 Å². The highest BCUT2D eigenvalue weighted by molar-refractivity contribution is 6.31. The maximum Gasteiger partial charge on any atom is 0.349 e. The van der Waals surface area contributed by atoms with Gasteiger partial charge in [0.2, 0.25) is 12.2 Å². The zero-order chi connectivity index (χ0) is 35.5. The summed E-state index contributed by atoms with van der Waals surface area (Å²) in [6.07, 6.45) is 1.87. The number of carbonyl (C=O) groups excluding carboxylic acids is 2. The Morgan fingerprint density at radius 3 is 1.77 bits per heavy atom. The van der Waals surface area contributed by atoms with Gasteiger partial charge in [-0.1, -0.05) is 93.7 Å². The molecule has 0 saturated heterocycles. The minimum absolute atomic E-state index is 0.0253. The second kappa shape index (κ2) is 17.2. The molecule has 1 aliphatic rings. The number of aliphatic hydroxyl groups is 1. The van der Waals surface area contributed by atoms with Gasteiger partial charge >= 0.3 is 23.9 Å². The number of benzene rings is 3. The molecule has 0 amide bonds. The summed E-state index contributed by atoms with van der Waals surface area (Å²) in [6.45, 7) is 6.90. The standard InChI is InChI=1S/C19H30ClNO.C18H14O8/c1-18(2,3)11-9-14-7-8-15(12-17(14)20)19(21)10-5-4-6-16(19)13-22;19-15(20)13(25-17(23)11-7-3-1-4-8-11)14(16(21)22)26-18(24)12-9-5-2-6-10-12/h7-8,12,16,22H,4-6,9-11,13,21H2,1-3H3;1-10,13-14H,(H,19,20)(H,21,22)/t;13-,14-/m.0/s1. The summed E-state index contributed by atoms with van der Waals surface area (Å²) < 4.78 is 9.52. The maximum absolute atomic E-state index is 12.0. The van der Waals surface area contributed by atoms with Crippen LogP contribution in [0.15, 0.2) is 78.9 Å². The van der Waals surface area contributed by atoms with E-state index in [4.69, 9.17) is 26.8 Å². The number of carbonyl (C=O) groups is 4. The SMILES string of the molecule is CC(C)(C)CCc1ccc(C2(N)CCCCC2CO)cc1Cl.O=C(O[C@H](C(=O)O)[C@H](OC(=O)c1ccccc1)C(=O)O)c1ccccc1. The second-order valence-electron chi connectivity index (χ2n) is 13.1. The van der Waals surface area contributed by atoms with Gasteiger partial charge in [-0.15, -0.1) is 0 Å². The average molecular weight is 682 g/mol. The van der Waals surface area contributed by atoms with Crippen LogP contribution in [0.5, 0.6) is 0 Å². The molecule has 4 atom stereocenters. The number of aliphatic carboxylic acids is 2. The molecule has 4 rings (SSSR count). The van der Waals surface area contributed by atoms with Crippen molar-refractivity contribution < 1.29 is 44.0 Å². The smallest absolute Gasteiger partial charge is 0.349 e. The van der Waals surface area contributed by atoms with E-state index < -0.39 is 41.6 Å². The highest BCUT2D eigenvalue weighted by atomic mass is 35.5. The first-order valence-electron chi connectivity index (χ1n) is 15.8. The molecule has 0 heterocycles. The number of hydrogen-bond acceptors (Lipinski definition) is 8. The molecular weight excluding hydrogens is 638 g/mol. The molecule has 48 heavy (non-hydrogen) atoms. The fourth-order valence-corrected chi connectivity index (χ4v) is 5.73. The van der Waals surface area contributed by atoms with E-state index in [-0.39, 0.29) is 23.7 Å². The zero-order valence-corrected chi connectivity index (χ0v) is 28.2. The van der Waals surface area contributed by atoms with Crippen LogP contribution in [0.25, 0.3) is 0 Å². The zero-order valence-electron chi connectivity index (χ0n) is 27.4. The highest BCUT2D eigenvalue weighted by Crippen LogP contribution is 2.40. The fraction of sp³-hybridized carbons (Fsp3) is 0.405. The fourth-order valence-electron chi connectivity index (χ4n) is 5.45. The number of ether oxygens (including phenoxy) is 2. The van der Waals surface area contributed by atoms with Crippen molar-refractivity contribution in [1.82, 2.24) is 0 Å². The normalized spacial score (nSPS) is 18.8. The van der Waals surface area contributed by atoms with Crippen molar-refractivity contribution in [2.75, 3.05) is 6.61 Å². The van der Waals surface area contributed by atoms with E-state index in [0.29, 0.717) is 5.41 Å². The van der Waals surface area contributed by atoms with Crippen LogP contribution in [0, 0.1) is 11.3 Å². The van der Waals surface area contributed by atoms with E-state index in [1.165, 1.54) is 54.1 Å². The molecule has 1 saturated carbocycles. The molecule has 10 nitrogen and oxygen atoms in total. The molecule has 3 aromatic rings. The van der Waals surface area contributed by atoms with Crippen molar-refractivity contribution in [1.29, 1.82) is 0 Å². The lowest BCUT2D eigenvalue weighted by Crippen LogP contribution is -2.47. The Morgan fingerprint density at radius 2 is 1.35 bits per heavy atom. The number of aryl methyl sites for hydroxylation is 1. The lowest BCUT2D eigenvalue weighted by atomic mass is 9.69.